The van der Waals surface area contributed by atoms with E-state index in [0.717, 1.165) is 16.8 Å². The van der Waals surface area contributed by atoms with Crippen LogP contribution in [0.4, 0.5) is 10.5 Å². The van der Waals surface area contributed by atoms with Crippen LogP contribution in [0.25, 0.3) is 0 Å². The molecule has 1 atom stereocenters. The predicted octanol–water partition coefficient (Wildman–Crippen LogP) is 0.537. The lowest BCUT2D eigenvalue weighted by Gasteiger charge is -2.28. The molecule has 11 heteroatoms. The molecule has 27 heavy (non-hydrogen) atoms. The van der Waals surface area contributed by atoms with E-state index in [0.29, 0.717) is 6.42 Å². The van der Waals surface area contributed by atoms with Crippen molar-refractivity contribution in [1.29, 1.82) is 5.26 Å². The van der Waals surface area contributed by atoms with Crippen molar-refractivity contribution < 1.29 is 19.2 Å². The Labute approximate surface area is 153 Å². The van der Waals surface area contributed by atoms with Crippen LogP contribution in [0.5, 0.6) is 0 Å². The second kappa shape index (κ2) is 8.13. The molecule has 1 aromatic heterocycles. The van der Waals surface area contributed by atoms with Gasteiger partial charge in [0.25, 0.3) is 11.2 Å². The number of nitrogens with one attached hydrogen (secondary N) is 2. The molecule has 11 nitrogen and oxygen atoms in total. The Kier molecular flexibility index (Phi) is 5.92. The number of aromatic nitrogens is 1. The Morgan fingerprint density at radius 1 is 1.44 bits per heavy atom. The topological polar surface area (TPSA) is 156 Å². The van der Waals surface area contributed by atoms with Crippen LogP contribution in [0.1, 0.15) is 25.8 Å². The zero-order chi connectivity index (χ0) is 20.1. The van der Waals surface area contributed by atoms with Gasteiger partial charge in [0.1, 0.15) is 11.6 Å². The maximum Gasteiger partial charge on any atom is 0.337 e. The summed E-state index contributed by atoms with van der Waals surface area (Å²) < 4.78 is 5.92. The first-order chi connectivity index (χ1) is 12.8. The second-order valence-corrected chi connectivity index (χ2v) is 5.59. The molecule has 0 radical (unpaired) electrons. The van der Waals surface area contributed by atoms with Crippen molar-refractivity contribution in [2.45, 2.75) is 32.9 Å². The largest absolute Gasteiger partial charge is 0.463 e. The number of nitriles is 1. The number of urea groups is 1. The molecule has 1 aliphatic heterocycles. The summed E-state index contributed by atoms with van der Waals surface area (Å²) in [5.41, 5.74) is -1.46. The van der Waals surface area contributed by atoms with Gasteiger partial charge >= 0.3 is 12.0 Å². The van der Waals surface area contributed by atoms with Crippen LogP contribution < -0.4 is 16.2 Å². The minimum atomic E-state index is -0.778. The number of carbonyl (C=O) groups is 2. The molecule has 0 aliphatic carbocycles. The molecule has 0 aromatic carbocycles. The Balaban J connectivity index is 2.60. The summed E-state index contributed by atoms with van der Waals surface area (Å²) in [7, 11) is 0. The lowest BCUT2D eigenvalue weighted by atomic mass is 10.00. The molecular formula is C16H17N5O6. The van der Waals surface area contributed by atoms with Crippen LogP contribution in [0.2, 0.25) is 0 Å². The number of carbonyl (C=O) groups excluding carboxylic acids is 2. The van der Waals surface area contributed by atoms with Gasteiger partial charge in [-0.3, -0.25) is 14.9 Å². The molecule has 2 heterocycles. The van der Waals surface area contributed by atoms with Crippen molar-refractivity contribution in [3.8, 4) is 6.07 Å². The van der Waals surface area contributed by atoms with Gasteiger partial charge in [-0.1, -0.05) is 6.92 Å². The number of hydrogen-bond acceptors (Lipinski definition) is 7. The van der Waals surface area contributed by atoms with Crippen LogP contribution in [0.3, 0.4) is 0 Å². The number of hydrogen-bond donors (Lipinski definition) is 2. The number of esters is 1. The van der Waals surface area contributed by atoms with Crippen LogP contribution in [0, 0.1) is 21.4 Å². The average molecular weight is 375 g/mol. The molecule has 0 saturated heterocycles. The molecule has 2 amide bonds. The summed E-state index contributed by atoms with van der Waals surface area (Å²) in [6, 6.07) is 1.26. The fourth-order valence-electron chi connectivity index (χ4n) is 2.67. The van der Waals surface area contributed by atoms with Crippen molar-refractivity contribution in [2.24, 2.45) is 0 Å². The van der Waals surface area contributed by atoms with E-state index in [-0.39, 0.29) is 24.4 Å². The van der Waals surface area contributed by atoms with E-state index in [1.54, 1.807) is 19.9 Å². The molecule has 0 bridgehead atoms. The van der Waals surface area contributed by atoms with E-state index in [4.69, 9.17) is 10.00 Å². The van der Waals surface area contributed by atoms with E-state index in [9.17, 15) is 24.5 Å². The summed E-state index contributed by atoms with van der Waals surface area (Å²) >= 11 is 0. The van der Waals surface area contributed by atoms with Crippen molar-refractivity contribution in [3.63, 3.8) is 0 Å². The van der Waals surface area contributed by atoms with Crippen molar-refractivity contribution in [3.05, 3.63) is 49.6 Å². The summed E-state index contributed by atoms with van der Waals surface area (Å²) in [6.07, 6.45) is 1.34. The number of nitrogens with zero attached hydrogens (tertiary/aromatic N) is 3. The first-order valence-corrected chi connectivity index (χ1v) is 8.08. The monoisotopic (exact) mass is 375 g/mol. The lowest BCUT2D eigenvalue weighted by Crippen LogP contribution is -2.51. The van der Waals surface area contributed by atoms with Crippen LogP contribution >= 0.6 is 0 Å². The smallest absolute Gasteiger partial charge is 0.337 e. The van der Waals surface area contributed by atoms with Gasteiger partial charge in [-0.05, 0) is 13.3 Å². The average Bonchev–Trinajstić information content (AvgIpc) is 2.62. The number of allylic oxidation sites excluding steroid dienone is 1. The third-order valence-corrected chi connectivity index (χ3v) is 3.88. The number of ether oxygens (including phenoxy) is 1. The number of nitro groups is 1. The van der Waals surface area contributed by atoms with E-state index in [1.165, 1.54) is 0 Å². The number of rotatable bonds is 6. The first kappa shape index (κ1) is 19.6. The van der Waals surface area contributed by atoms with Gasteiger partial charge in [0.15, 0.2) is 0 Å². The van der Waals surface area contributed by atoms with Crippen LogP contribution in [0.15, 0.2) is 28.3 Å². The van der Waals surface area contributed by atoms with E-state index >= 15 is 0 Å². The molecular weight excluding hydrogens is 358 g/mol. The van der Waals surface area contributed by atoms with E-state index in [2.05, 4.69) is 10.6 Å². The third-order valence-electron chi connectivity index (χ3n) is 3.88. The van der Waals surface area contributed by atoms with Crippen molar-refractivity contribution in [2.75, 3.05) is 6.61 Å². The van der Waals surface area contributed by atoms with Gasteiger partial charge in [0, 0.05) is 6.07 Å². The Morgan fingerprint density at radius 2 is 2.15 bits per heavy atom. The van der Waals surface area contributed by atoms with E-state index in [1.807, 2.05) is 0 Å². The van der Waals surface area contributed by atoms with Gasteiger partial charge in [-0.2, -0.15) is 5.26 Å². The summed E-state index contributed by atoms with van der Waals surface area (Å²) in [4.78, 5) is 46.9. The molecule has 142 valence electrons. The molecule has 0 saturated carbocycles. The second-order valence-electron chi connectivity index (χ2n) is 5.59. The summed E-state index contributed by atoms with van der Waals surface area (Å²) in [5, 5.41) is 25.1. The van der Waals surface area contributed by atoms with Gasteiger partial charge in [0.2, 0.25) is 0 Å². The zero-order valence-electron chi connectivity index (χ0n) is 14.6. The van der Waals surface area contributed by atoms with Crippen molar-refractivity contribution in [1.82, 2.24) is 15.2 Å². The highest BCUT2D eigenvalue weighted by molar-refractivity contribution is 5.94. The maximum atomic E-state index is 12.3. The normalized spacial score (nSPS) is 16.2. The fraction of sp³-hybridized carbons (Fsp3) is 0.375. The molecule has 0 spiro atoms. The molecule has 0 unspecified atom stereocenters. The zero-order valence-corrected chi connectivity index (χ0v) is 14.6. The summed E-state index contributed by atoms with van der Waals surface area (Å²) in [5.74, 6) is -0.675. The standard InChI is InChI=1S/C16H17N5O6/c1-3-11-13(15(23)27-4-2)12(19-16(24)18-11)8-20-7-10(21(25)26)5-9(6-17)14(20)22/h5,7,11H,3-4,8H2,1-2H3,(H2,18,19,24)/t11-/m0/s1. The quantitative estimate of drug-likeness (QED) is 0.417. The maximum absolute atomic E-state index is 12.3. The third kappa shape index (κ3) is 4.12. The highest BCUT2D eigenvalue weighted by atomic mass is 16.6. The Morgan fingerprint density at radius 3 is 2.70 bits per heavy atom. The summed E-state index contributed by atoms with van der Waals surface area (Å²) in [6.45, 7) is 3.14. The van der Waals surface area contributed by atoms with Gasteiger partial charge in [-0.25, -0.2) is 9.59 Å². The van der Waals surface area contributed by atoms with Gasteiger partial charge in [0.05, 0.1) is 41.6 Å². The fourth-order valence-corrected chi connectivity index (χ4v) is 2.67. The highest BCUT2D eigenvalue weighted by Gasteiger charge is 2.32. The van der Waals surface area contributed by atoms with Crippen molar-refractivity contribution >= 4 is 17.7 Å². The lowest BCUT2D eigenvalue weighted by molar-refractivity contribution is -0.385. The molecule has 2 rings (SSSR count). The first-order valence-electron chi connectivity index (χ1n) is 8.08. The van der Waals surface area contributed by atoms with Crippen LogP contribution in [-0.2, 0) is 16.1 Å². The minimum absolute atomic E-state index is 0.0792. The Hall–Kier alpha value is -3.68. The SMILES string of the molecule is CCOC(=O)C1=C(Cn2cc([N+](=O)[O-])cc(C#N)c2=O)NC(=O)N[C@H]1CC. The molecule has 1 aliphatic rings. The van der Waals surface area contributed by atoms with Gasteiger partial charge in [-0.15, -0.1) is 0 Å². The molecule has 0 fully saturated rings. The predicted molar refractivity (Wildman–Crippen MR) is 91.5 cm³/mol. The van der Waals surface area contributed by atoms with Gasteiger partial charge < -0.3 is 19.9 Å². The molecule has 2 N–H and O–H groups in total. The number of amides is 2. The Bertz CT molecular complexity index is 926. The molecule has 1 aromatic rings. The van der Waals surface area contributed by atoms with E-state index < -0.39 is 39.8 Å². The number of pyridine rings is 1. The highest BCUT2D eigenvalue weighted by Crippen LogP contribution is 2.19. The minimum Gasteiger partial charge on any atom is -0.463 e. The van der Waals surface area contributed by atoms with Crippen LogP contribution in [-0.4, -0.2) is 34.1 Å².